The largest absolute Gasteiger partial charge is 0.625 e. The molecule has 1 N–H and O–H groups in total. The molecule has 8 heteroatoms. The van der Waals surface area contributed by atoms with E-state index < -0.39 is 22.8 Å². The van der Waals surface area contributed by atoms with Crippen molar-refractivity contribution in [3.05, 3.63) is 70.0 Å². The summed E-state index contributed by atoms with van der Waals surface area (Å²) in [4.78, 5) is 32.4. The molecule has 6 nitrogen and oxygen atoms in total. The van der Waals surface area contributed by atoms with Gasteiger partial charge >= 0.3 is 5.97 Å². The van der Waals surface area contributed by atoms with Crippen molar-refractivity contribution in [3.63, 3.8) is 0 Å². The van der Waals surface area contributed by atoms with Crippen LogP contribution >= 0.6 is 11.6 Å². The Morgan fingerprint density at radius 2 is 1.86 bits per heavy atom. The molecule has 0 unspecified atom stereocenters. The van der Waals surface area contributed by atoms with Gasteiger partial charge in [0.1, 0.15) is 0 Å². The summed E-state index contributed by atoms with van der Waals surface area (Å²) in [5.74, 6) is -1.77. The standard InChI is InChI=1S/C28H36ClN3O3.Ni/c1-6-32-16-10-15-28(32,5)26(35)31-23-14-13-20(29)17-21(23)24(19-11-8-7-9-12-19)30-18-22(25(33)34)27(2,3)4;/h7-9,11-14,17,22H,6,10,15-16,18H2,1-5H3,(H2,30,31,33,34,35);/p-1/t22-,28+;/m0./s1. The molecule has 2 aromatic rings. The summed E-state index contributed by atoms with van der Waals surface area (Å²) < 4.78 is 0. The van der Waals surface area contributed by atoms with Crippen molar-refractivity contribution in [2.24, 2.45) is 16.3 Å². The van der Waals surface area contributed by atoms with Crippen LogP contribution in [0.25, 0.3) is 5.32 Å². The molecule has 1 heterocycles. The number of benzene rings is 2. The van der Waals surface area contributed by atoms with E-state index in [9.17, 15) is 14.7 Å². The molecule has 36 heavy (non-hydrogen) atoms. The molecule has 2 aromatic carbocycles. The Kier molecular flexibility index (Phi) is 10.3. The van der Waals surface area contributed by atoms with Gasteiger partial charge in [-0.05, 0) is 56.0 Å². The SMILES string of the molecule is CCN1CCC[C@]1(C)C(=O)[N-]c1ccc(Cl)cc1C(=NC[C@@H](C(=O)O)C(C)(C)C)c1ccccc1.[Ni]. The number of carbonyl (C=O) groups excluding carboxylic acids is 1. The van der Waals surface area contributed by atoms with Gasteiger partial charge in [-0.1, -0.05) is 75.7 Å². The number of hydrogen-bond acceptors (Lipinski definition) is 4. The summed E-state index contributed by atoms with van der Waals surface area (Å²) in [6, 6.07) is 14.7. The molecule has 1 aliphatic heterocycles. The predicted octanol–water partition coefficient (Wildman–Crippen LogP) is 6.33. The number of halogens is 1. The van der Waals surface area contributed by atoms with E-state index in [1.807, 2.05) is 58.0 Å². The predicted molar refractivity (Wildman–Crippen MR) is 142 cm³/mol. The monoisotopic (exact) mass is 554 g/mol. The number of nitrogens with zero attached hydrogens (tertiary/aromatic N) is 3. The summed E-state index contributed by atoms with van der Waals surface area (Å²) >= 11 is 6.39. The smallest absolute Gasteiger partial charge is 0.308 e. The van der Waals surface area contributed by atoms with E-state index >= 15 is 0 Å². The third-order valence-electron chi connectivity index (χ3n) is 6.89. The van der Waals surface area contributed by atoms with Gasteiger partial charge in [0, 0.05) is 27.1 Å². The Morgan fingerprint density at radius 1 is 1.19 bits per heavy atom. The first kappa shape index (κ1) is 30.0. The second kappa shape index (κ2) is 12.4. The molecule has 0 radical (unpaired) electrons. The third kappa shape index (κ3) is 6.76. The maximum absolute atomic E-state index is 13.4. The van der Waals surface area contributed by atoms with Crippen molar-refractivity contribution in [2.45, 2.75) is 53.0 Å². The molecular formula is C28H35ClN3NiO3-. The van der Waals surface area contributed by atoms with Crippen molar-refractivity contribution in [2.75, 3.05) is 19.6 Å². The summed E-state index contributed by atoms with van der Waals surface area (Å²) in [7, 11) is 0. The molecule has 0 aromatic heterocycles. The van der Waals surface area contributed by atoms with Gasteiger partial charge < -0.3 is 15.2 Å². The molecule has 0 aliphatic carbocycles. The number of carbonyl (C=O) groups is 2. The van der Waals surface area contributed by atoms with Gasteiger partial charge in [0.2, 0.25) is 0 Å². The molecule has 0 bridgehead atoms. The van der Waals surface area contributed by atoms with E-state index in [4.69, 9.17) is 16.6 Å². The first-order chi connectivity index (χ1) is 16.5. The molecule has 3 rings (SSSR count). The fourth-order valence-corrected chi connectivity index (χ4v) is 4.80. The minimum atomic E-state index is -0.895. The Balaban J connectivity index is 0.00000456. The molecule has 1 fully saturated rings. The van der Waals surface area contributed by atoms with Crippen LogP contribution in [-0.4, -0.2) is 52.8 Å². The van der Waals surface area contributed by atoms with E-state index in [-0.39, 0.29) is 28.9 Å². The van der Waals surface area contributed by atoms with Crippen molar-refractivity contribution < 1.29 is 31.2 Å². The molecule has 0 spiro atoms. The van der Waals surface area contributed by atoms with Gasteiger partial charge in [-0.2, -0.15) is 0 Å². The molecule has 1 aliphatic rings. The fraction of sp³-hybridized carbons (Fsp3) is 0.464. The van der Waals surface area contributed by atoms with E-state index in [0.717, 1.165) is 31.5 Å². The zero-order valence-corrected chi connectivity index (χ0v) is 23.3. The van der Waals surface area contributed by atoms with E-state index in [1.165, 1.54) is 0 Å². The molecule has 0 saturated carbocycles. The van der Waals surface area contributed by atoms with Crippen molar-refractivity contribution >= 4 is 34.9 Å². The minimum absolute atomic E-state index is 0. The molecular weight excluding hydrogens is 520 g/mol. The summed E-state index contributed by atoms with van der Waals surface area (Å²) in [5, 5.41) is 14.9. The van der Waals surface area contributed by atoms with Gasteiger partial charge in [0.25, 0.3) is 0 Å². The first-order valence-corrected chi connectivity index (χ1v) is 12.5. The average Bonchev–Trinajstić information content (AvgIpc) is 3.19. The number of aliphatic carboxylic acids is 1. The number of rotatable bonds is 8. The topological polar surface area (TPSA) is 84.1 Å². The Morgan fingerprint density at radius 3 is 2.44 bits per heavy atom. The van der Waals surface area contributed by atoms with Crippen molar-refractivity contribution in [3.8, 4) is 0 Å². The Bertz CT molecular complexity index is 1100. The van der Waals surface area contributed by atoms with Crippen molar-refractivity contribution in [1.82, 2.24) is 4.90 Å². The number of likely N-dealkylation sites (N-methyl/N-ethyl adjacent to an activating group) is 1. The van der Waals surface area contributed by atoms with Crippen LogP contribution in [0.2, 0.25) is 5.02 Å². The second-order valence-electron chi connectivity index (χ2n) is 10.3. The van der Waals surface area contributed by atoms with Crippen molar-refractivity contribution in [1.29, 1.82) is 0 Å². The number of carboxylic acid groups (broad SMARTS) is 1. The van der Waals surface area contributed by atoms with Crippen LogP contribution in [0.15, 0.2) is 53.5 Å². The van der Waals surface area contributed by atoms with E-state index in [0.29, 0.717) is 22.0 Å². The Labute approximate surface area is 229 Å². The average molecular weight is 556 g/mol. The maximum Gasteiger partial charge on any atom is 0.308 e. The van der Waals surface area contributed by atoms with Crippen LogP contribution in [0.5, 0.6) is 0 Å². The van der Waals surface area contributed by atoms with Crippen LogP contribution < -0.4 is 0 Å². The van der Waals surface area contributed by atoms with Gasteiger partial charge in [0.15, 0.2) is 0 Å². The van der Waals surface area contributed by atoms with Gasteiger partial charge in [-0.15, -0.1) is 5.69 Å². The van der Waals surface area contributed by atoms with Gasteiger partial charge in [0.05, 0.1) is 29.6 Å². The molecule has 1 saturated heterocycles. The zero-order chi connectivity index (χ0) is 25.8. The summed E-state index contributed by atoms with van der Waals surface area (Å²) in [6.07, 6.45) is 1.72. The fourth-order valence-electron chi connectivity index (χ4n) is 4.63. The number of aliphatic imine (C=N–C) groups is 1. The minimum Gasteiger partial charge on any atom is -0.625 e. The second-order valence-corrected chi connectivity index (χ2v) is 10.8. The van der Waals surface area contributed by atoms with Crippen LogP contribution in [-0.2, 0) is 26.1 Å². The summed E-state index contributed by atoms with van der Waals surface area (Å²) in [5.41, 5.74) is 1.35. The zero-order valence-electron chi connectivity index (χ0n) is 21.5. The van der Waals surface area contributed by atoms with Gasteiger partial charge in [-0.25, -0.2) is 0 Å². The van der Waals surface area contributed by atoms with Crippen LogP contribution in [0, 0.1) is 11.3 Å². The van der Waals surface area contributed by atoms with Crippen LogP contribution in [0.3, 0.4) is 0 Å². The molecule has 1 amide bonds. The summed E-state index contributed by atoms with van der Waals surface area (Å²) in [6.45, 7) is 11.4. The third-order valence-corrected chi connectivity index (χ3v) is 7.13. The quantitative estimate of drug-likeness (QED) is 0.305. The number of hydrogen-bond donors (Lipinski definition) is 1. The first-order valence-electron chi connectivity index (χ1n) is 12.1. The number of carboxylic acids is 1. The molecule has 2 atom stereocenters. The van der Waals surface area contributed by atoms with Gasteiger partial charge in [-0.3, -0.25) is 14.7 Å². The number of likely N-dealkylation sites (tertiary alicyclic amines) is 1. The maximum atomic E-state index is 13.4. The van der Waals surface area contributed by atoms with Crippen LogP contribution in [0.1, 0.15) is 58.6 Å². The van der Waals surface area contributed by atoms with E-state index in [1.54, 1.807) is 18.2 Å². The van der Waals surface area contributed by atoms with Crippen LogP contribution in [0.4, 0.5) is 5.69 Å². The normalized spacial score (nSPS) is 19.4. The number of amides is 1. The Hall–Kier alpha value is -2.21. The molecule has 198 valence electrons. The van der Waals surface area contributed by atoms with E-state index in [2.05, 4.69) is 17.1 Å².